The molecule has 3 N–H and O–H groups in total. The largest absolute Gasteiger partial charge is 0.382 e. The van der Waals surface area contributed by atoms with E-state index >= 15 is 0 Å². The zero-order chi connectivity index (χ0) is 16.2. The SMILES string of the molecule is Nc1nc(-c2ccc(Cc3ccccc3)cc2)[nH]c(=O)c1N=O. The highest BCUT2D eigenvalue weighted by molar-refractivity contribution is 5.63. The van der Waals surface area contributed by atoms with Crippen molar-refractivity contribution in [3.63, 3.8) is 0 Å². The van der Waals surface area contributed by atoms with Gasteiger partial charge in [-0.25, -0.2) is 4.98 Å². The summed E-state index contributed by atoms with van der Waals surface area (Å²) in [6, 6.07) is 17.8. The van der Waals surface area contributed by atoms with Gasteiger partial charge < -0.3 is 10.7 Å². The van der Waals surface area contributed by atoms with Gasteiger partial charge >= 0.3 is 0 Å². The summed E-state index contributed by atoms with van der Waals surface area (Å²) in [6.45, 7) is 0. The van der Waals surface area contributed by atoms with Gasteiger partial charge in [0.15, 0.2) is 5.82 Å². The van der Waals surface area contributed by atoms with Crippen molar-refractivity contribution in [3.05, 3.63) is 81.0 Å². The van der Waals surface area contributed by atoms with Crippen LogP contribution in [0.3, 0.4) is 0 Å². The molecule has 0 amide bonds. The molecule has 0 atom stereocenters. The topological polar surface area (TPSA) is 101 Å². The molecule has 6 heteroatoms. The zero-order valence-corrected chi connectivity index (χ0v) is 12.2. The number of benzene rings is 2. The zero-order valence-electron chi connectivity index (χ0n) is 12.2. The lowest BCUT2D eigenvalue weighted by atomic mass is 10.0. The van der Waals surface area contributed by atoms with Crippen molar-refractivity contribution in [2.24, 2.45) is 5.18 Å². The maximum atomic E-state index is 11.7. The number of nitrogen functional groups attached to an aromatic ring is 1. The summed E-state index contributed by atoms with van der Waals surface area (Å²) in [5.41, 5.74) is 7.61. The first-order chi connectivity index (χ1) is 11.2. The van der Waals surface area contributed by atoms with Crippen molar-refractivity contribution in [3.8, 4) is 11.4 Å². The molecule has 0 aliphatic heterocycles. The summed E-state index contributed by atoms with van der Waals surface area (Å²) in [6.07, 6.45) is 0.821. The van der Waals surface area contributed by atoms with Gasteiger partial charge in [0.05, 0.1) is 0 Å². The van der Waals surface area contributed by atoms with Crippen LogP contribution < -0.4 is 11.3 Å². The number of rotatable bonds is 4. The Morgan fingerprint density at radius 1 is 1.00 bits per heavy atom. The molecule has 6 nitrogen and oxygen atoms in total. The molecule has 0 unspecified atom stereocenters. The molecule has 114 valence electrons. The van der Waals surface area contributed by atoms with Gasteiger partial charge in [0.2, 0.25) is 5.69 Å². The minimum Gasteiger partial charge on any atom is -0.382 e. The van der Waals surface area contributed by atoms with E-state index in [-0.39, 0.29) is 5.82 Å². The number of nitrogens with one attached hydrogen (secondary N) is 1. The third kappa shape index (κ3) is 3.16. The quantitative estimate of drug-likeness (QED) is 0.723. The van der Waals surface area contributed by atoms with E-state index in [1.54, 1.807) is 0 Å². The second-order valence-electron chi connectivity index (χ2n) is 5.10. The maximum absolute atomic E-state index is 11.7. The first-order valence-corrected chi connectivity index (χ1v) is 7.04. The average Bonchev–Trinajstić information content (AvgIpc) is 2.56. The predicted octanol–water partition coefficient (Wildman–Crippen LogP) is 3.01. The summed E-state index contributed by atoms with van der Waals surface area (Å²) in [5.74, 6) is 0.137. The third-order valence-corrected chi connectivity index (χ3v) is 3.49. The number of hydrogen-bond acceptors (Lipinski definition) is 5. The van der Waals surface area contributed by atoms with Gasteiger partial charge in [-0.2, -0.15) is 0 Å². The van der Waals surface area contributed by atoms with E-state index in [1.807, 2.05) is 42.5 Å². The van der Waals surface area contributed by atoms with Crippen LogP contribution in [0.4, 0.5) is 11.5 Å². The monoisotopic (exact) mass is 306 g/mol. The molecule has 3 rings (SSSR count). The number of H-pyrrole nitrogens is 1. The van der Waals surface area contributed by atoms with Crippen LogP contribution in [-0.2, 0) is 6.42 Å². The Balaban J connectivity index is 1.88. The molecule has 23 heavy (non-hydrogen) atoms. The summed E-state index contributed by atoms with van der Waals surface area (Å²) in [5, 5.41) is 2.58. The van der Waals surface area contributed by atoms with E-state index in [1.165, 1.54) is 5.56 Å². The van der Waals surface area contributed by atoms with Crippen LogP contribution in [-0.4, -0.2) is 9.97 Å². The van der Waals surface area contributed by atoms with E-state index in [2.05, 4.69) is 27.3 Å². The van der Waals surface area contributed by atoms with Crippen molar-refractivity contribution < 1.29 is 0 Å². The molecule has 1 aromatic heterocycles. The predicted molar refractivity (Wildman–Crippen MR) is 89.4 cm³/mol. The standard InChI is InChI=1S/C17H14N4O2/c18-15-14(21-23)17(22)20-16(19-15)13-8-6-12(7-9-13)10-11-4-2-1-3-5-11/h1-9H,10H2,(H3,18,19,20,22). The molecule has 2 aromatic carbocycles. The van der Waals surface area contributed by atoms with E-state index < -0.39 is 11.2 Å². The summed E-state index contributed by atoms with van der Waals surface area (Å²) in [7, 11) is 0. The fourth-order valence-electron chi connectivity index (χ4n) is 2.32. The van der Waals surface area contributed by atoms with Crippen molar-refractivity contribution in [1.29, 1.82) is 0 Å². The normalized spacial score (nSPS) is 10.4. The lowest BCUT2D eigenvalue weighted by Gasteiger charge is -2.05. The highest BCUT2D eigenvalue weighted by Gasteiger charge is 2.10. The number of aromatic amines is 1. The molecule has 1 heterocycles. The van der Waals surface area contributed by atoms with Crippen molar-refractivity contribution in [2.75, 3.05) is 5.73 Å². The second-order valence-corrected chi connectivity index (χ2v) is 5.10. The number of nitroso groups, excluding NO2 is 1. The molecule has 0 fully saturated rings. The highest BCUT2D eigenvalue weighted by atomic mass is 16.3. The Morgan fingerprint density at radius 2 is 1.65 bits per heavy atom. The second kappa shape index (κ2) is 6.23. The number of nitrogens with two attached hydrogens (primary N) is 1. The van der Waals surface area contributed by atoms with E-state index in [0.29, 0.717) is 11.4 Å². The van der Waals surface area contributed by atoms with E-state index in [4.69, 9.17) is 5.73 Å². The fourth-order valence-corrected chi connectivity index (χ4v) is 2.32. The minimum atomic E-state index is -0.643. The Labute approximate surface area is 132 Å². The molecule has 0 bridgehead atoms. The Hall–Kier alpha value is -3.28. The molecular weight excluding hydrogens is 292 g/mol. The third-order valence-electron chi connectivity index (χ3n) is 3.49. The summed E-state index contributed by atoms with van der Waals surface area (Å²) >= 11 is 0. The molecular formula is C17H14N4O2. The van der Waals surface area contributed by atoms with E-state index in [0.717, 1.165) is 12.0 Å². The Kier molecular flexibility index (Phi) is 3.97. The van der Waals surface area contributed by atoms with E-state index in [9.17, 15) is 9.70 Å². The van der Waals surface area contributed by atoms with Crippen molar-refractivity contribution in [2.45, 2.75) is 6.42 Å². The highest BCUT2D eigenvalue weighted by Crippen LogP contribution is 2.20. The van der Waals surface area contributed by atoms with Gasteiger partial charge in [0.1, 0.15) is 5.82 Å². The van der Waals surface area contributed by atoms with Crippen LogP contribution in [0.2, 0.25) is 0 Å². The summed E-state index contributed by atoms with van der Waals surface area (Å²) in [4.78, 5) is 28.8. The molecule has 0 saturated heterocycles. The minimum absolute atomic E-state index is 0.174. The number of aromatic nitrogens is 2. The molecule has 0 aliphatic rings. The van der Waals surface area contributed by atoms with Crippen molar-refractivity contribution >= 4 is 11.5 Å². The fraction of sp³-hybridized carbons (Fsp3) is 0.0588. The van der Waals surface area contributed by atoms with Crippen molar-refractivity contribution in [1.82, 2.24) is 9.97 Å². The van der Waals surface area contributed by atoms with Crippen LogP contribution in [0.25, 0.3) is 11.4 Å². The van der Waals surface area contributed by atoms with Crippen LogP contribution in [0.15, 0.2) is 64.6 Å². The number of hydrogen-bond donors (Lipinski definition) is 2. The van der Waals surface area contributed by atoms with Crippen LogP contribution in [0.5, 0.6) is 0 Å². The average molecular weight is 306 g/mol. The van der Waals surface area contributed by atoms with Crippen LogP contribution in [0.1, 0.15) is 11.1 Å². The van der Waals surface area contributed by atoms with Gasteiger partial charge in [-0.15, -0.1) is 4.91 Å². The lowest BCUT2D eigenvalue weighted by Crippen LogP contribution is -2.11. The van der Waals surface area contributed by atoms with Crippen LogP contribution >= 0.6 is 0 Å². The number of anilines is 1. The Bertz CT molecular complexity index is 887. The molecule has 0 spiro atoms. The smallest absolute Gasteiger partial charge is 0.282 e. The maximum Gasteiger partial charge on any atom is 0.282 e. The number of nitrogens with zero attached hydrogens (tertiary/aromatic N) is 2. The molecule has 3 aromatic rings. The lowest BCUT2D eigenvalue weighted by molar-refractivity contribution is 1.12. The van der Waals surface area contributed by atoms with Gasteiger partial charge in [-0.1, -0.05) is 54.6 Å². The molecule has 0 saturated carbocycles. The molecule has 0 aliphatic carbocycles. The van der Waals surface area contributed by atoms with Gasteiger partial charge in [0, 0.05) is 5.56 Å². The van der Waals surface area contributed by atoms with Gasteiger partial charge in [-0.3, -0.25) is 4.79 Å². The first kappa shape index (κ1) is 14.6. The van der Waals surface area contributed by atoms with Gasteiger partial charge in [-0.05, 0) is 22.7 Å². The van der Waals surface area contributed by atoms with Gasteiger partial charge in [0.25, 0.3) is 5.56 Å². The first-order valence-electron chi connectivity index (χ1n) is 7.04. The summed E-state index contributed by atoms with van der Waals surface area (Å²) < 4.78 is 0. The Morgan fingerprint density at radius 3 is 2.26 bits per heavy atom. The molecule has 0 radical (unpaired) electrons. The van der Waals surface area contributed by atoms with Crippen LogP contribution in [0, 0.1) is 4.91 Å².